The molecule has 2 aromatic heterocycles. The van der Waals surface area contributed by atoms with E-state index in [4.69, 9.17) is 0 Å². The summed E-state index contributed by atoms with van der Waals surface area (Å²) < 4.78 is 15.7. The summed E-state index contributed by atoms with van der Waals surface area (Å²) in [5.74, 6) is -0.0752. The van der Waals surface area contributed by atoms with Gasteiger partial charge in [0.2, 0.25) is 0 Å². The van der Waals surface area contributed by atoms with Crippen LogP contribution in [0.2, 0.25) is 0 Å². The molecule has 3 rings (SSSR count). The number of aryl methyl sites for hydroxylation is 2. The highest BCUT2D eigenvalue weighted by atomic mass is 19.1. The van der Waals surface area contributed by atoms with Crippen LogP contribution in [0.1, 0.15) is 34.2 Å². The van der Waals surface area contributed by atoms with Gasteiger partial charge < -0.3 is 0 Å². The van der Waals surface area contributed by atoms with E-state index in [1.165, 1.54) is 12.1 Å². The zero-order valence-electron chi connectivity index (χ0n) is 11.8. The standard InChI is InChI=1S/C16H14FN3O/c1-3-14-18-19-15-7-5-11(9-20(14)15)16(21)12-6-4-10(2)8-13(12)17/h4-9H,3H2,1-2H3. The van der Waals surface area contributed by atoms with Crippen LogP contribution >= 0.6 is 0 Å². The Hall–Kier alpha value is -2.56. The predicted octanol–water partition coefficient (Wildman–Crippen LogP) is 2.97. The van der Waals surface area contributed by atoms with Crippen LogP contribution in [0.4, 0.5) is 4.39 Å². The summed E-state index contributed by atoms with van der Waals surface area (Å²) in [4.78, 5) is 12.4. The van der Waals surface area contributed by atoms with Gasteiger partial charge in [-0.15, -0.1) is 10.2 Å². The molecule has 0 saturated carbocycles. The number of carbonyl (C=O) groups is 1. The molecule has 0 spiro atoms. The molecule has 21 heavy (non-hydrogen) atoms. The Morgan fingerprint density at radius 3 is 2.76 bits per heavy atom. The number of carbonyl (C=O) groups excluding carboxylic acids is 1. The average Bonchev–Trinajstić information content (AvgIpc) is 2.88. The summed E-state index contributed by atoms with van der Waals surface area (Å²) in [6, 6.07) is 7.97. The summed E-state index contributed by atoms with van der Waals surface area (Å²) in [6.07, 6.45) is 2.37. The number of pyridine rings is 1. The first kappa shape index (κ1) is 13.4. The fourth-order valence-electron chi connectivity index (χ4n) is 2.27. The van der Waals surface area contributed by atoms with E-state index in [-0.39, 0.29) is 11.3 Å². The van der Waals surface area contributed by atoms with Crippen LogP contribution in [0.3, 0.4) is 0 Å². The van der Waals surface area contributed by atoms with Gasteiger partial charge in [0.05, 0.1) is 5.56 Å². The largest absolute Gasteiger partial charge is 0.288 e. The molecule has 0 unspecified atom stereocenters. The van der Waals surface area contributed by atoms with Crippen molar-refractivity contribution in [3.8, 4) is 0 Å². The number of benzene rings is 1. The molecule has 3 aromatic rings. The number of nitrogens with zero attached hydrogens (tertiary/aromatic N) is 3. The van der Waals surface area contributed by atoms with Crippen LogP contribution in [-0.2, 0) is 6.42 Å². The second-order valence-corrected chi connectivity index (χ2v) is 4.93. The summed E-state index contributed by atoms with van der Waals surface area (Å²) in [6.45, 7) is 3.75. The molecular formula is C16H14FN3O. The SMILES string of the molecule is CCc1nnc2ccc(C(=O)c3ccc(C)cc3F)cn12. The minimum Gasteiger partial charge on any atom is -0.288 e. The number of hydrogen-bond acceptors (Lipinski definition) is 3. The molecule has 106 valence electrons. The van der Waals surface area contributed by atoms with Crippen LogP contribution in [0.25, 0.3) is 5.65 Å². The van der Waals surface area contributed by atoms with Crippen molar-refractivity contribution in [2.75, 3.05) is 0 Å². The van der Waals surface area contributed by atoms with Crippen LogP contribution < -0.4 is 0 Å². The van der Waals surface area contributed by atoms with Gasteiger partial charge >= 0.3 is 0 Å². The maximum Gasteiger partial charge on any atom is 0.197 e. The first-order valence-corrected chi connectivity index (χ1v) is 6.74. The Kier molecular flexibility index (Phi) is 3.25. The van der Waals surface area contributed by atoms with E-state index >= 15 is 0 Å². The van der Waals surface area contributed by atoms with Crippen molar-refractivity contribution in [1.82, 2.24) is 14.6 Å². The molecule has 0 radical (unpaired) electrons. The molecule has 0 N–H and O–H groups in total. The molecule has 0 aliphatic carbocycles. The van der Waals surface area contributed by atoms with E-state index in [9.17, 15) is 9.18 Å². The maximum atomic E-state index is 13.9. The quantitative estimate of drug-likeness (QED) is 0.694. The van der Waals surface area contributed by atoms with Crippen LogP contribution in [0, 0.1) is 12.7 Å². The third-order valence-corrected chi connectivity index (χ3v) is 3.42. The van der Waals surface area contributed by atoms with Crippen molar-refractivity contribution in [1.29, 1.82) is 0 Å². The minimum atomic E-state index is -0.500. The highest BCUT2D eigenvalue weighted by molar-refractivity contribution is 6.09. The molecule has 0 aliphatic heterocycles. The molecule has 1 aromatic carbocycles. The van der Waals surface area contributed by atoms with Gasteiger partial charge in [0.15, 0.2) is 11.4 Å². The average molecular weight is 283 g/mol. The number of fused-ring (bicyclic) bond motifs is 1. The highest BCUT2D eigenvalue weighted by Crippen LogP contribution is 2.16. The lowest BCUT2D eigenvalue weighted by Crippen LogP contribution is -2.06. The third-order valence-electron chi connectivity index (χ3n) is 3.42. The van der Waals surface area contributed by atoms with E-state index in [2.05, 4.69) is 10.2 Å². The molecule has 4 nitrogen and oxygen atoms in total. The fraction of sp³-hybridized carbons (Fsp3) is 0.188. The number of hydrogen-bond donors (Lipinski definition) is 0. The Morgan fingerprint density at radius 2 is 2.05 bits per heavy atom. The first-order valence-electron chi connectivity index (χ1n) is 6.74. The Labute approximate surface area is 121 Å². The van der Waals surface area contributed by atoms with Gasteiger partial charge in [-0.3, -0.25) is 9.20 Å². The molecule has 0 atom stereocenters. The zero-order chi connectivity index (χ0) is 15.0. The van der Waals surface area contributed by atoms with E-state index in [0.717, 1.165) is 11.4 Å². The summed E-state index contributed by atoms with van der Waals surface area (Å²) in [5, 5.41) is 8.06. The number of aromatic nitrogens is 3. The Balaban J connectivity index is 2.08. The second-order valence-electron chi connectivity index (χ2n) is 4.93. The second kappa shape index (κ2) is 5.09. The van der Waals surface area contributed by atoms with Gasteiger partial charge in [0, 0.05) is 18.2 Å². The smallest absolute Gasteiger partial charge is 0.197 e. The topological polar surface area (TPSA) is 47.3 Å². The number of rotatable bonds is 3. The van der Waals surface area contributed by atoms with Gasteiger partial charge in [-0.25, -0.2) is 4.39 Å². The van der Waals surface area contributed by atoms with Crippen molar-refractivity contribution >= 4 is 11.4 Å². The van der Waals surface area contributed by atoms with Gasteiger partial charge in [0.1, 0.15) is 11.6 Å². The summed E-state index contributed by atoms with van der Waals surface area (Å²) in [5.41, 5.74) is 1.95. The fourth-order valence-corrected chi connectivity index (χ4v) is 2.27. The van der Waals surface area contributed by atoms with E-state index in [1.807, 2.05) is 6.92 Å². The van der Waals surface area contributed by atoms with Crippen molar-refractivity contribution < 1.29 is 9.18 Å². The summed E-state index contributed by atoms with van der Waals surface area (Å²) in [7, 11) is 0. The van der Waals surface area contributed by atoms with Gasteiger partial charge in [-0.05, 0) is 36.8 Å². The molecular weight excluding hydrogens is 269 g/mol. The monoisotopic (exact) mass is 283 g/mol. The highest BCUT2D eigenvalue weighted by Gasteiger charge is 2.15. The Bertz CT molecular complexity index is 839. The van der Waals surface area contributed by atoms with Crippen molar-refractivity contribution in [2.24, 2.45) is 0 Å². The minimum absolute atomic E-state index is 0.0751. The lowest BCUT2D eigenvalue weighted by atomic mass is 10.0. The van der Waals surface area contributed by atoms with Gasteiger partial charge in [-0.1, -0.05) is 13.0 Å². The zero-order valence-corrected chi connectivity index (χ0v) is 11.8. The van der Waals surface area contributed by atoms with Gasteiger partial charge in [-0.2, -0.15) is 0 Å². The van der Waals surface area contributed by atoms with Crippen LogP contribution in [0.15, 0.2) is 36.5 Å². The van der Waals surface area contributed by atoms with Gasteiger partial charge in [0.25, 0.3) is 0 Å². The first-order chi connectivity index (χ1) is 10.1. The molecule has 0 bridgehead atoms. The normalized spacial score (nSPS) is 11.0. The number of ketones is 1. The molecule has 0 aliphatic rings. The van der Waals surface area contributed by atoms with E-state index < -0.39 is 5.82 Å². The lowest BCUT2D eigenvalue weighted by Gasteiger charge is -2.05. The molecule has 0 amide bonds. The van der Waals surface area contributed by atoms with Crippen molar-refractivity contribution in [2.45, 2.75) is 20.3 Å². The lowest BCUT2D eigenvalue weighted by molar-refractivity contribution is 0.103. The van der Waals surface area contributed by atoms with E-state index in [1.54, 1.807) is 35.7 Å². The Morgan fingerprint density at radius 1 is 1.24 bits per heavy atom. The van der Waals surface area contributed by atoms with Crippen molar-refractivity contribution in [3.05, 3.63) is 64.9 Å². The van der Waals surface area contributed by atoms with Crippen molar-refractivity contribution in [3.63, 3.8) is 0 Å². The predicted molar refractivity (Wildman–Crippen MR) is 76.9 cm³/mol. The molecule has 2 heterocycles. The molecule has 0 saturated heterocycles. The molecule has 5 heteroatoms. The van der Waals surface area contributed by atoms with Crippen LogP contribution in [0.5, 0.6) is 0 Å². The number of halogens is 1. The molecule has 0 fully saturated rings. The summed E-state index contributed by atoms with van der Waals surface area (Å²) >= 11 is 0. The third kappa shape index (κ3) is 2.31. The van der Waals surface area contributed by atoms with Crippen LogP contribution in [-0.4, -0.2) is 20.4 Å². The maximum absolute atomic E-state index is 13.9. The van der Waals surface area contributed by atoms with E-state index in [0.29, 0.717) is 17.6 Å².